The minimum atomic E-state index is 0.224. The first-order valence-electron chi connectivity index (χ1n) is 7.77. The first-order valence-corrected chi connectivity index (χ1v) is 7.77. The Balaban J connectivity index is 1.79. The topological polar surface area (TPSA) is 32.3 Å². The van der Waals surface area contributed by atoms with Crippen LogP contribution in [-0.2, 0) is 0 Å². The number of carbonyl (C=O) groups is 1. The maximum atomic E-state index is 12.9. The molecule has 1 N–H and O–H groups in total. The number of benzene rings is 1. The van der Waals surface area contributed by atoms with Crippen molar-refractivity contribution in [3.63, 3.8) is 0 Å². The molecular formula is C17H24N2O. The van der Waals surface area contributed by atoms with Crippen molar-refractivity contribution in [2.45, 2.75) is 51.6 Å². The Morgan fingerprint density at radius 2 is 2.10 bits per heavy atom. The number of hydrogen-bond donors (Lipinski definition) is 1. The lowest BCUT2D eigenvalue weighted by Crippen LogP contribution is -2.42. The zero-order chi connectivity index (χ0) is 14.1. The molecule has 3 nitrogen and oxygen atoms in total. The van der Waals surface area contributed by atoms with Gasteiger partial charge in [-0.3, -0.25) is 4.79 Å². The molecule has 3 rings (SSSR count). The quantitative estimate of drug-likeness (QED) is 0.914. The molecule has 0 radical (unpaired) electrons. The summed E-state index contributed by atoms with van der Waals surface area (Å²) in [5, 5.41) is 3.51. The molecule has 20 heavy (non-hydrogen) atoms. The van der Waals surface area contributed by atoms with E-state index in [2.05, 4.69) is 29.3 Å². The highest BCUT2D eigenvalue weighted by atomic mass is 16.2. The predicted molar refractivity (Wildman–Crippen MR) is 81.0 cm³/mol. The lowest BCUT2D eigenvalue weighted by molar-refractivity contribution is 0.0728. The molecule has 1 heterocycles. The maximum Gasteiger partial charge on any atom is 0.254 e. The first-order chi connectivity index (χ1) is 9.65. The Bertz CT molecular complexity index is 502. The molecule has 2 fully saturated rings. The highest BCUT2D eigenvalue weighted by Crippen LogP contribution is 2.30. The Kier molecular flexibility index (Phi) is 3.79. The molecule has 1 unspecified atom stereocenters. The molecule has 1 saturated heterocycles. The van der Waals surface area contributed by atoms with E-state index >= 15 is 0 Å². The van der Waals surface area contributed by atoms with Crippen molar-refractivity contribution in [1.82, 2.24) is 10.2 Å². The summed E-state index contributed by atoms with van der Waals surface area (Å²) in [4.78, 5) is 15.0. The van der Waals surface area contributed by atoms with Crippen molar-refractivity contribution in [2.75, 3.05) is 13.1 Å². The van der Waals surface area contributed by atoms with Gasteiger partial charge in [-0.25, -0.2) is 0 Å². The molecule has 0 bridgehead atoms. The zero-order valence-electron chi connectivity index (χ0n) is 12.5. The number of aryl methyl sites for hydroxylation is 2. The van der Waals surface area contributed by atoms with E-state index in [1.165, 1.54) is 25.7 Å². The van der Waals surface area contributed by atoms with Gasteiger partial charge in [0.15, 0.2) is 0 Å². The fourth-order valence-corrected chi connectivity index (χ4v) is 3.05. The van der Waals surface area contributed by atoms with E-state index in [4.69, 9.17) is 0 Å². The van der Waals surface area contributed by atoms with Crippen molar-refractivity contribution in [1.29, 1.82) is 0 Å². The van der Waals surface area contributed by atoms with Crippen LogP contribution in [0.1, 0.15) is 47.2 Å². The Morgan fingerprint density at radius 3 is 2.75 bits per heavy atom. The van der Waals surface area contributed by atoms with Gasteiger partial charge >= 0.3 is 0 Å². The minimum Gasteiger partial charge on any atom is -0.334 e. The third-order valence-electron chi connectivity index (χ3n) is 4.45. The normalized spacial score (nSPS) is 22.0. The van der Waals surface area contributed by atoms with E-state index in [-0.39, 0.29) is 5.91 Å². The van der Waals surface area contributed by atoms with Crippen LogP contribution in [0.4, 0.5) is 0 Å². The van der Waals surface area contributed by atoms with Gasteiger partial charge in [0.25, 0.3) is 5.91 Å². The largest absolute Gasteiger partial charge is 0.334 e. The lowest BCUT2D eigenvalue weighted by atomic mass is 10.0. The van der Waals surface area contributed by atoms with Gasteiger partial charge in [0, 0.05) is 24.2 Å². The number of amides is 1. The van der Waals surface area contributed by atoms with Crippen LogP contribution in [0.5, 0.6) is 0 Å². The fraction of sp³-hybridized carbons (Fsp3) is 0.588. The van der Waals surface area contributed by atoms with E-state index in [9.17, 15) is 4.79 Å². The van der Waals surface area contributed by atoms with Gasteiger partial charge in [0.05, 0.1) is 0 Å². The predicted octanol–water partition coefficient (Wildman–Crippen LogP) is 2.66. The summed E-state index contributed by atoms with van der Waals surface area (Å²) < 4.78 is 0. The van der Waals surface area contributed by atoms with Crippen LogP contribution in [0, 0.1) is 13.8 Å². The van der Waals surface area contributed by atoms with Crippen molar-refractivity contribution in [3.8, 4) is 0 Å². The Labute approximate surface area is 121 Å². The molecule has 0 spiro atoms. The van der Waals surface area contributed by atoms with Crippen molar-refractivity contribution < 1.29 is 4.79 Å². The second kappa shape index (κ2) is 5.57. The summed E-state index contributed by atoms with van der Waals surface area (Å²) in [5.41, 5.74) is 3.13. The zero-order valence-corrected chi connectivity index (χ0v) is 12.5. The molecule has 1 aliphatic carbocycles. The smallest absolute Gasteiger partial charge is 0.254 e. The number of nitrogens with zero attached hydrogens (tertiary/aromatic N) is 1. The summed E-state index contributed by atoms with van der Waals surface area (Å²) in [6.07, 6.45) is 4.77. The van der Waals surface area contributed by atoms with E-state index in [0.29, 0.717) is 12.1 Å². The van der Waals surface area contributed by atoms with Crippen LogP contribution in [0.15, 0.2) is 18.2 Å². The summed E-state index contributed by atoms with van der Waals surface area (Å²) in [6, 6.07) is 7.14. The first kappa shape index (κ1) is 13.6. The standard InChI is InChI=1S/C17H24N2O/c1-12-5-6-13(2)16(10-12)17(20)19(15-7-8-15)11-14-4-3-9-18-14/h5-6,10,14-15,18H,3-4,7-9,11H2,1-2H3. The molecule has 1 amide bonds. The maximum absolute atomic E-state index is 12.9. The number of rotatable bonds is 4. The van der Waals surface area contributed by atoms with Crippen molar-refractivity contribution >= 4 is 5.91 Å². The molecule has 1 saturated carbocycles. The van der Waals surface area contributed by atoms with Crippen molar-refractivity contribution in [3.05, 3.63) is 34.9 Å². The summed E-state index contributed by atoms with van der Waals surface area (Å²) in [7, 11) is 0. The van der Waals surface area contributed by atoms with E-state index in [1.54, 1.807) is 0 Å². The van der Waals surface area contributed by atoms with Crippen LogP contribution >= 0.6 is 0 Å². The molecule has 1 atom stereocenters. The van der Waals surface area contributed by atoms with Gasteiger partial charge in [-0.15, -0.1) is 0 Å². The molecule has 2 aliphatic rings. The van der Waals surface area contributed by atoms with Crippen LogP contribution < -0.4 is 5.32 Å². The molecule has 1 aromatic carbocycles. The van der Waals surface area contributed by atoms with Gasteiger partial charge in [0.2, 0.25) is 0 Å². The van der Waals surface area contributed by atoms with Gasteiger partial charge < -0.3 is 10.2 Å². The van der Waals surface area contributed by atoms with Gasteiger partial charge in [-0.05, 0) is 57.7 Å². The molecule has 3 heteroatoms. The minimum absolute atomic E-state index is 0.224. The van der Waals surface area contributed by atoms with Crippen molar-refractivity contribution in [2.24, 2.45) is 0 Å². The molecule has 1 aromatic rings. The number of carbonyl (C=O) groups excluding carboxylic acids is 1. The van der Waals surface area contributed by atoms with Crippen LogP contribution in [0.2, 0.25) is 0 Å². The number of hydrogen-bond acceptors (Lipinski definition) is 2. The molecular weight excluding hydrogens is 248 g/mol. The van der Waals surface area contributed by atoms with Crippen LogP contribution in [0.3, 0.4) is 0 Å². The van der Waals surface area contributed by atoms with E-state index in [0.717, 1.165) is 29.8 Å². The average molecular weight is 272 g/mol. The SMILES string of the molecule is Cc1ccc(C)c(C(=O)N(CC2CCCN2)C2CC2)c1. The highest BCUT2D eigenvalue weighted by molar-refractivity contribution is 5.96. The van der Waals surface area contributed by atoms with Crippen LogP contribution in [-0.4, -0.2) is 36.0 Å². The van der Waals surface area contributed by atoms with E-state index in [1.807, 2.05) is 13.0 Å². The lowest BCUT2D eigenvalue weighted by Gasteiger charge is -2.26. The van der Waals surface area contributed by atoms with Gasteiger partial charge in [-0.1, -0.05) is 17.7 Å². The van der Waals surface area contributed by atoms with E-state index < -0.39 is 0 Å². The van der Waals surface area contributed by atoms with Crippen LogP contribution in [0.25, 0.3) is 0 Å². The fourth-order valence-electron chi connectivity index (χ4n) is 3.05. The second-order valence-corrected chi connectivity index (χ2v) is 6.30. The molecule has 108 valence electrons. The highest BCUT2D eigenvalue weighted by Gasteiger charge is 2.35. The summed E-state index contributed by atoms with van der Waals surface area (Å²) in [6.45, 7) is 6.06. The second-order valence-electron chi connectivity index (χ2n) is 6.30. The molecule has 1 aliphatic heterocycles. The summed E-state index contributed by atoms with van der Waals surface area (Å²) in [5.74, 6) is 0.224. The Hall–Kier alpha value is -1.35. The van der Waals surface area contributed by atoms with Gasteiger partial charge in [0.1, 0.15) is 0 Å². The monoisotopic (exact) mass is 272 g/mol. The third-order valence-corrected chi connectivity index (χ3v) is 4.45. The van der Waals surface area contributed by atoms with Gasteiger partial charge in [-0.2, -0.15) is 0 Å². The Morgan fingerprint density at radius 1 is 1.30 bits per heavy atom. The average Bonchev–Trinajstić information content (AvgIpc) is 3.15. The number of nitrogens with one attached hydrogen (secondary N) is 1. The summed E-state index contributed by atoms with van der Waals surface area (Å²) >= 11 is 0. The molecule has 0 aromatic heterocycles. The third kappa shape index (κ3) is 2.88.